The van der Waals surface area contributed by atoms with E-state index in [4.69, 9.17) is 28.9 Å². The molecule has 54 heavy (non-hydrogen) atoms. The standard InChI is InChI=1S/C34H55BN6O11P2/c1-26(2)23-30(39-32(43)28(24-27-13-7-6-8-14-27)38-33(44)29-25-36-16-17-37-29)35-51-21-11-19-41(20-12-22-52-35)18-10-5-3-4-9-15-31(42)40-34(53(45,46)47)54(48,49)50/h6-8,13-14,16-17,25-26,28,30,34H,3-5,9-12,15,18-24H2,1-2H3,(H,38,44)(H,39,43)(H,40,42)(H2,45,46,47)(H2,48,49,50)/t28-,30?/m1/s1. The van der Waals surface area contributed by atoms with Crippen molar-refractivity contribution in [2.45, 2.75) is 95.6 Å². The minimum absolute atomic E-state index is 0.0972. The van der Waals surface area contributed by atoms with Crippen LogP contribution < -0.4 is 16.0 Å². The smallest absolute Gasteiger partial charge is 0.410 e. The van der Waals surface area contributed by atoms with Crippen LogP contribution in [0.4, 0.5) is 0 Å². The number of nitrogens with zero attached hydrogens (tertiary/aromatic N) is 3. The third-order valence-corrected chi connectivity index (χ3v) is 12.0. The maximum Gasteiger partial charge on any atom is 0.480 e. The second-order valence-corrected chi connectivity index (χ2v) is 17.6. The van der Waals surface area contributed by atoms with Crippen molar-refractivity contribution in [1.82, 2.24) is 30.8 Å². The number of nitrogens with one attached hydrogen (secondary N) is 3. The minimum Gasteiger partial charge on any atom is -0.410 e. The number of rotatable bonds is 20. The van der Waals surface area contributed by atoms with Crippen LogP contribution in [0.3, 0.4) is 0 Å². The molecule has 0 radical (unpaired) electrons. The van der Waals surface area contributed by atoms with Gasteiger partial charge in [-0.25, -0.2) is 4.98 Å². The molecule has 17 nitrogen and oxygen atoms in total. The summed E-state index contributed by atoms with van der Waals surface area (Å²) in [7, 11) is -11.1. The molecule has 2 atom stereocenters. The average Bonchev–Trinajstić information content (AvgIpc) is 3.11. The van der Waals surface area contributed by atoms with Crippen molar-refractivity contribution in [3.63, 3.8) is 0 Å². The van der Waals surface area contributed by atoms with E-state index in [9.17, 15) is 23.5 Å². The fourth-order valence-electron chi connectivity index (χ4n) is 6.06. The van der Waals surface area contributed by atoms with Crippen molar-refractivity contribution in [3.05, 3.63) is 60.2 Å². The lowest BCUT2D eigenvalue weighted by molar-refractivity contribution is -0.123. The van der Waals surface area contributed by atoms with Crippen LogP contribution in [0.1, 0.15) is 87.7 Å². The third kappa shape index (κ3) is 17.2. The number of amides is 3. The number of aromatic nitrogens is 2. The summed E-state index contributed by atoms with van der Waals surface area (Å²) >= 11 is 0. The molecule has 0 aliphatic carbocycles. The fraction of sp³-hybridized carbons (Fsp3) is 0.618. The van der Waals surface area contributed by atoms with Crippen LogP contribution in [-0.4, -0.2) is 110 Å². The minimum atomic E-state index is -5.22. The van der Waals surface area contributed by atoms with Crippen molar-refractivity contribution in [2.24, 2.45) is 5.92 Å². The predicted octanol–water partition coefficient (Wildman–Crippen LogP) is 2.60. The van der Waals surface area contributed by atoms with Crippen LogP contribution in [0.2, 0.25) is 0 Å². The second-order valence-electron chi connectivity index (χ2n) is 13.8. The Hall–Kier alpha value is -3.05. The van der Waals surface area contributed by atoms with E-state index >= 15 is 0 Å². The molecule has 1 fully saturated rings. The molecule has 300 valence electrons. The Bertz CT molecular complexity index is 1500. The molecule has 1 saturated heterocycles. The van der Waals surface area contributed by atoms with E-state index in [0.29, 0.717) is 32.5 Å². The summed E-state index contributed by atoms with van der Waals surface area (Å²) < 4.78 is 35.2. The number of hydrogen-bond acceptors (Lipinski definition) is 10. The lowest BCUT2D eigenvalue weighted by Gasteiger charge is -2.30. The van der Waals surface area contributed by atoms with Gasteiger partial charge in [-0.2, -0.15) is 0 Å². The summed E-state index contributed by atoms with van der Waals surface area (Å²) in [6.45, 7) is 7.48. The van der Waals surface area contributed by atoms with E-state index in [1.54, 1.807) is 5.32 Å². The van der Waals surface area contributed by atoms with Crippen molar-refractivity contribution in [3.8, 4) is 0 Å². The van der Waals surface area contributed by atoms with Crippen molar-refractivity contribution in [1.29, 1.82) is 0 Å². The number of carbonyl (C=O) groups is 3. The van der Waals surface area contributed by atoms with E-state index in [1.807, 2.05) is 30.3 Å². The van der Waals surface area contributed by atoms with Gasteiger partial charge in [-0.1, -0.05) is 63.4 Å². The first kappa shape index (κ1) is 45.3. The highest BCUT2D eigenvalue weighted by Crippen LogP contribution is 2.58. The van der Waals surface area contributed by atoms with Gasteiger partial charge in [0, 0.05) is 51.5 Å². The van der Waals surface area contributed by atoms with E-state index in [2.05, 4.69) is 39.3 Å². The van der Waals surface area contributed by atoms with Crippen LogP contribution in [0.25, 0.3) is 0 Å². The molecule has 0 saturated carbocycles. The lowest BCUT2D eigenvalue weighted by atomic mass is 9.73. The van der Waals surface area contributed by atoms with Gasteiger partial charge in [0.2, 0.25) is 17.3 Å². The highest BCUT2D eigenvalue weighted by molar-refractivity contribution is 7.70. The zero-order valence-electron chi connectivity index (χ0n) is 31.0. The first-order valence-electron chi connectivity index (χ1n) is 18.4. The largest absolute Gasteiger partial charge is 0.480 e. The van der Waals surface area contributed by atoms with Gasteiger partial charge in [0.25, 0.3) is 5.91 Å². The molecule has 0 bridgehead atoms. The molecular formula is C34H55BN6O11P2. The van der Waals surface area contributed by atoms with Gasteiger partial charge in [0.05, 0.1) is 12.1 Å². The van der Waals surface area contributed by atoms with Crippen LogP contribution in [0.15, 0.2) is 48.9 Å². The molecule has 1 aliphatic rings. The van der Waals surface area contributed by atoms with Crippen molar-refractivity contribution < 1.29 is 52.4 Å². The molecule has 0 spiro atoms. The SMILES string of the molecule is CC(C)CC(NC(=O)[C@@H](Cc1ccccc1)NC(=O)c1cnccn1)B1OCCCN(CCCCCCCC(=O)NC(P(=O)(O)O)P(=O)(O)O)CCCO1. The molecule has 1 aromatic heterocycles. The summed E-state index contributed by atoms with van der Waals surface area (Å²) in [5.74, 6) is -1.91. The maximum atomic E-state index is 13.8. The monoisotopic (exact) mass is 796 g/mol. The highest BCUT2D eigenvalue weighted by Gasteiger charge is 2.44. The molecule has 3 amide bonds. The van der Waals surface area contributed by atoms with E-state index in [0.717, 1.165) is 57.3 Å². The predicted molar refractivity (Wildman–Crippen MR) is 202 cm³/mol. The van der Waals surface area contributed by atoms with Crippen molar-refractivity contribution >= 4 is 40.0 Å². The van der Waals surface area contributed by atoms with Crippen molar-refractivity contribution in [2.75, 3.05) is 32.8 Å². The zero-order valence-corrected chi connectivity index (χ0v) is 32.8. The molecule has 2 heterocycles. The van der Waals surface area contributed by atoms with Gasteiger partial charge in [0.15, 0.2) is 0 Å². The Morgan fingerprint density at radius 3 is 2.09 bits per heavy atom. The first-order chi connectivity index (χ1) is 25.6. The molecule has 1 unspecified atom stereocenters. The molecule has 1 aromatic carbocycles. The van der Waals surface area contributed by atoms with Gasteiger partial charge in [-0.3, -0.25) is 28.5 Å². The zero-order chi connectivity index (χ0) is 39.6. The fourth-order valence-corrected chi connectivity index (χ4v) is 8.25. The topological polar surface area (TPSA) is 250 Å². The summed E-state index contributed by atoms with van der Waals surface area (Å²) in [6.07, 6.45) is 10.3. The first-order valence-corrected chi connectivity index (χ1v) is 21.8. The quantitative estimate of drug-likeness (QED) is 0.0579. The maximum absolute atomic E-state index is 13.8. The van der Waals surface area contributed by atoms with Crippen LogP contribution in [-0.2, 0) is 34.4 Å². The summed E-state index contributed by atoms with van der Waals surface area (Å²) in [5.41, 5.74) is -1.54. The number of benzene rings is 1. The Morgan fingerprint density at radius 1 is 0.870 bits per heavy atom. The van der Waals surface area contributed by atoms with Gasteiger partial charge in [0.1, 0.15) is 11.7 Å². The highest BCUT2D eigenvalue weighted by atomic mass is 31.2. The normalized spacial score (nSPS) is 16.1. The number of unbranched alkanes of at least 4 members (excludes halogenated alkanes) is 4. The molecule has 1 aliphatic heterocycles. The van der Waals surface area contributed by atoms with Gasteiger partial charge in [-0.05, 0) is 50.1 Å². The Morgan fingerprint density at radius 2 is 1.50 bits per heavy atom. The summed E-state index contributed by atoms with van der Waals surface area (Å²) in [6, 6.07) is 8.57. The number of carbonyl (C=O) groups excluding carboxylic acids is 3. The van der Waals surface area contributed by atoms with Gasteiger partial charge in [-0.15, -0.1) is 0 Å². The van der Waals surface area contributed by atoms with E-state index in [-0.39, 0.29) is 30.4 Å². The molecule has 7 N–H and O–H groups in total. The molecule has 20 heteroatoms. The van der Waals surface area contributed by atoms with E-state index in [1.165, 1.54) is 18.6 Å². The lowest BCUT2D eigenvalue weighted by Crippen LogP contribution is -2.56. The Labute approximate surface area is 317 Å². The number of hydrogen-bond donors (Lipinski definition) is 7. The van der Waals surface area contributed by atoms with Gasteiger partial charge >= 0.3 is 22.3 Å². The Balaban J connectivity index is 1.46. The van der Waals surface area contributed by atoms with Crippen LogP contribution in [0.5, 0.6) is 0 Å². The van der Waals surface area contributed by atoms with Gasteiger partial charge < -0.3 is 49.7 Å². The third-order valence-electron chi connectivity index (χ3n) is 8.69. The average molecular weight is 797 g/mol. The second kappa shape index (κ2) is 23.1. The molecular weight excluding hydrogens is 741 g/mol. The summed E-state index contributed by atoms with van der Waals surface area (Å²) in [4.78, 5) is 85.9. The molecule has 3 rings (SSSR count). The summed E-state index contributed by atoms with van der Waals surface area (Å²) in [5, 5.41) is 7.75. The van der Waals surface area contributed by atoms with E-state index < -0.39 is 51.6 Å². The van der Waals surface area contributed by atoms with Crippen LogP contribution in [0, 0.1) is 5.92 Å². The Kier molecular flexibility index (Phi) is 19.4. The van der Waals surface area contributed by atoms with Crippen LogP contribution >= 0.6 is 15.2 Å². The molecule has 2 aromatic rings.